The summed E-state index contributed by atoms with van der Waals surface area (Å²) in [6.45, 7) is 2.30. The zero-order valence-electron chi connectivity index (χ0n) is 16.3. The number of rotatable bonds is 7. The molecular formula is C22H23N5OS. The van der Waals surface area contributed by atoms with Crippen molar-refractivity contribution in [2.24, 2.45) is 5.92 Å². The Morgan fingerprint density at radius 2 is 2.10 bits per heavy atom. The number of pyridine rings is 1. The lowest BCUT2D eigenvalue weighted by atomic mass is 10.1. The summed E-state index contributed by atoms with van der Waals surface area (Å²) in [7, 11) is 0. The molecule has 2 fully saturated rings. The van der Waals surface area contributed by atoms with Crippen molar-refractivity contribution in [2.75, 3.05) is 5.32 Å². The Hall–Kier alpha value is -2.72. The number of hydrogen-bond acceptors (Lipinski definition) is 5. The second-order valence-electron chi connectivity index (χ2n) is 8.33. The predicted octanol–water partition coefficient (Wildman–Crippen LogP) is 4.98. The maximum absolute atomic E-state index is 12.6. The van der Waals surface area contributed by atoms with Gasteiger partial charge in [-0.05, 0) is 61.9 Å². The highest BCUT2D eigenvalue weighted by Gasteiger charge is 2.38. The molecule has 2 N–H and O–H groups in total. The fourth-order valence-corrected chi connectivity index (χ4v) is 4.92. The van der Waals surface area contributed by atoms with Crippen LogP contribution < -0.4 is 10.9 Å². The summed E-state index contributed by atoms with van der Waals surface area (Å²) in [5.74, 6) is 1.00. The summed E-state index contributed by atoms with van der Waals surface area (Å²) in [6, 6.07) is 12.5. The standard InChI is InChI=1S/C22H23N5OS/c1-22(10-11-22)29-16-6-4-15(5-7-16)25-20-19-18(9-13-24-21(19)28)27(26-20)17(8-12-23)14-2-3-14/h4-7,9,13-14,17H,2-3,8,10-11H2,1H3,(H,24,28)(H,25,26). The predicted molar refractivity (Wildman–Crippen MR) is 116 cm³/mol. The zero-order chi connectivity index (χ0) is 20.0. The first kappa shape index (κ1) is 18.3. The lowest BCUT2D eigenvalue weighted by molar-refractivity contribution is 0.426. The molecule has 6 nitrogen and oxygen atoms in total. The molecule has 2 aliphatic carbocycles. The van der Waals surface area contributed by atoms with Gasteiger partial charge in [-0.15, -0.1) is 11.8 Å². The molecule has 2 saturated carbocycles. The van der Waals surface area contributed by atoms with Gasteiger partial charge >= 0.3 is 0 Å². The van der Waals surface area contributed by atoms with Gasteiger partial charge in [0.05, 0.1) is 24.0 Å². The molecule has 5 rings (SSSR count). The fourth-order valence-electron chi connectivity index (χ4n) is 3.77. The van der Waals surface area contributed by atoms with E-state index in [1.165, 1.54) is 17.7 Å². The maximum Gasteiger partial charge on any atom is 0.261 e. The average molecular weight is 406 g/mol. The highest BCUT2D eigenvalue weighted by molar-refractivity contribution is 8.01. The molecule has 1 unspecified atom stereocenters. The third kappa shape index (κ3) is 3.65. The van der Waals surface area contributed by atoms with Crippen LogP contribution in [0.2, 0.25) is 0 Å². The SMILES string of the molecule is CC1(Sc2ccc(Nc3nn(C(CC#N)C4CC4)c4cc[nH]c(=O)c34)cc2)CC1. The van der Waals surface area contributed by atoms with Gasteiger partial charge in [0.2, 0.25) is 0 Å². The fraction of sp³-hybridized carbons (Fsp3) is 0.409. The molecule has 2 aliphatic rings. The van der Waals surface area contributed by atoms with Crippen LogP contribution >= 0.6 is 11.8 Å². The molecule has 1 atom stereocenters. The van der Waals surface area contributed by atoms with E-state index in [0.29, 0.717) is 28.3 Å². The van der Waals surface area contributed by atoms with Crippen LogP contribution in [0.1, 0.15) is 45.1 Å². The molecule has 1 aromatic carbocycles. The minimum Gasteiger partial charge on any atom is -0.338 e. The summed E-state index contributed by atoms with van der Waals surface area (Å²) in [5.41, 5.74) is 1.50. The number of benzene rings is 1. The lowest BCUT2D eigenvalue weighted by Gasteiger charge is -2.14. The van der Waals surface area contributed by atoms with Crippen LogP contribution in [0.3, 0.4) is 0 Å². The van der Waals surface area contributed by atoms with Gasteiger partial charge in [0, 0.05) is 21.5 Å². The Morgan fingerprint density at radius 3 is 2.76 bits per heavy atom. The number of thioether (sulfide) groups is 1. The number of nitriles is 1. The first-order valence-corrected chi connectivity index (χ1v) is 10.9. The Kier molecular flexibility index (Phi) is 4.39. The van der Waals surface area contributed by atoms with Crippen LogP contribution in [-0.4, -0.2) is 19.5 Å². The van der Waals surface area contributed by atoms with E-state index in [0.717, 1.165) is 24.0 Å². The van der Waals surface area contributed by atoms with Crippen molar-refractivity contribution < 1.29 is 0 Å². The Bertz CT molecular complexity index is 1150. The molecule has 7 heteroatoms. The number of H-pyrrole nitrogens is 1. The molecule has 2 aromatic heterocycles. The van der Waals surface area contributed by atoms with Crippen molar-refractivity contribution in [2.45, 2.75) is 54.7 Å². The number of nitrogens with zero attached hydrogens (tertiary/aromatic N) is 3. The van der Waals surface area contributed by atoms with Crippen LogP contribution in [0.5, 0.6) is 0 Å². The largest absolute Gasteiger partial charge is 0.338 e. The number of fused-ring (bicyclic) bond motifs is 1. The van der Waals surface area contributed by atoms with Crippen molar-refractivity contribution >= 4 is 34.2 Å². The molecule has 0 bridgehead atoms. The number of aromatic amines is 1. The Morgan fingerprint density at radius 1 is 1.34 bits per heavy atom. The quantitative estimate of drug-likeness (QED) is 0.579. The van der Waals surface area contributed by atoms with E-state index in [1.807, 2.05) is 34.6 Å². The van der Waals surface area contributed by atoms with Crippen molar-refractivity contribution in [1.29, 1.82) is 5.26 Å². The van der Waals surface area contributed by atoms with Crippen LogP contribution in [0.4, 0.5) is 11.5 Å². The number of aromatic nitrogens is 3. The average Bonchev–Trinajstić information content (AvgIpc) is 3.63. The summed E-state index contributed by atoms with van der Waals surface area (Å²) < 4.78 is 2.28. The normalized spacial score (nSPS) is 18.3. The Balaban J connectivity index is 1.48. The molecule has 0 amide bonds. The lowest BCUT2D eigenvalue weighted by Crippen LogP contribution is -2.13. The van der Waals surface area contributed by atoms with Gasteiger partial charge in [-0.25, -0.2) is 0 Å². The summed E-state index contributed by atoms with van der Waals surface area (Å²) >= 11 is 1.92. The Labute approximate surface area is 173 Å². The summed E-state index contributed by atoms with van der Waals surface area (Å²) in [4.78, 5) is 16.6. The van der Waals surface area contributed by atoms with Gasteiger partial charge in [0.15, 0.2) is 5.82 Å². The van der Waals surface area contributed by atoms with E-state index in [9.17, 15) is 10.1 Å². The van der Waals surface area contributed by atoms with Crippen LogP contribution in [0.15, 0.2) is 46.2 Å². The monoisotopic (exact) mass is 405 g/mol. The first-order valence-electron chi connectivity index (χ1n) is 10.1. The van der Waals surface area contributed by atoms with Crippen LogP contribution in [0, 0.1) is 17.2 Å². The molecule has 0 aliphatic heterocycles. The van der Waals surface area contributed by atoms with Crippen LogP contribution in [0.25, 0.3) is 10.9 Å². The molecule has 0 radical (unpaired) electrons. The van der Waals surface area contributed by atoms with Crippen molar-refractivity contribution in [3.05, 3.63) is 46.9 Å². The maximum atomic E-state index is 12.6. The molecule has 3 aromatic rings. The third-order valence-electron chi connectivity index (χ3n) is 5.85. The van der Waals surface area contributed by atoms with Crippen molar-refractivity contribution in [1.82, 2.24) is 14.8 Å². The van der Waals surface area contributed by atoms with Crippen LogP contribution in [-0.2, 0) is 0 Å². The van der Waals surface area contributed by atoms with Gasteiger partial charge in [0.25, 0.3) is 5.56 Å². The van der Waals surface area contributed by atoms with Crippen molar-refractivity contribution in [3.8, 4) is 6.07 Å². The van der Waals surface area contributed by atoms with Gasteiger partial charge in [-0.2, -0.15) is 10.4 Å². The minimum absolute atomic E-state index is 0.0120. The van der Waals surface area contributed by atoms with E-state index in [-0.39, 0.29) is 11.6 Å². The summed E-state index contributed by atoms with van der Waals surface area (Å²) in [5, 5.41) is 17.9. The van der Waals surface area contributed by atoms with E-state index in [4.69, 9.17) is 5.10 Å². The number of nitrogens with one attached hydrogen (secondary N) is 2. The highest BCUT2D eigenvalue weighted by Crippen LogP contribution is 2.51. The van der Waals surface area contributed by atoms with E-state index in [1.54, 1.807) is 6.20 Å². The molecule has 0 spiro atoms. The molecular weight excluding hydrogens is 382 g/mol. The third-order valence-corrected chi connectivity index (χ3v) is 7.26. The van der Waals surface area contributed by atoms with Crippen molar-refractivity contribution in [3.63, 3.8) is 0 Å². The second kappa shape index (κ2) is 6.96. The molecule has 0 saturated heterocycles. The zero-order valence-corrected chi connectivity index (χ0v) is 17.1. The highest BCUT2D eigenvalue weighted by atomic mass is 32.2. The van der Waals surface area contributed by atoms with E-state index >= 15 is 0 Å². The van der Waals surface area contributed by atoms with Gasteiger partial charge in [-0.1, -0.05) is 6.92 Å². The van der Waals surface area contributed by atoms with Gasteiger partial charge in [0.1, 0.15) is 5.39 Å². The summed E-state index contributed by atoms with van der Waals surface area (Å²) in [6.07, 6.45) is 6.81. The minimum atomic E-state index is -0.170. The molecule has 2 heterocycles. The number of anilines is 2. The number of hydrogen-bond donors (Lipinski definition) is 2. The first-order chi connectivity index (χ1) is 14.1. The van der Waals surface area contributed by atoms with E-state index in [2.05, 4.69) is 35.4 Å². The van der Waals surface area contributed by atoms with E-state index < -0.39 is 0 Å². The van der Waals surface area contributed by atoms with Gasteiger partial charge < -0.3 is 10.3 Å². The molecule has 29 heavy (non-hydrogen) atoms. The topological polar surface area (TPSA) is 86.5 Å². The van der Waals surface area contributed by atoms with Gasteiger partial charge in [-0.3, -0.25) is 9.48 Å². The smallest absolute Gasteiger partial charge is 0.261 e. The second-order valence-corrected chi connectivity index (χ2v) is 9.99. The molecule has 148 valence electrons.